The van der Waals surface area contributed by atoms with E-state index in [0.29, 0.717) is 11.4 Å². The fraction of sp³-hybridized carbons (Fsp3) is 0.300. The first kappa shape index (κ1) is 10.4. The number of nitrogens with two attached hydrogens (primary N) is 1. The van der Waals surface area contributed by atoms with Gasteiger partial charge in [0.15, 0.2) is 0 Å². The molecular formula is C10H15N3O. The Bertz CT molecular complexity index is 323. The Morgan fingerprint density at radius 3 is 2.71 bits per heavy atom. The number of carbonyl (C=O) groups is 1. The van der Waals surface area contributed by atoms with Gasteiger partial charge in [-0.2, -0.15) is 0 Å². The van der Waals surface area contributed by atoms with Crippen molar-refractivity contribution in [1.29, 1.82) is 0 Å². The zero-order valence-electron chi connectivity index (χ0n) is 8.37. The SMILES string of the molecule is CC(C)NC(=O)Nc1cccc(N)c1. The summed E-state index contributed by atoms with van der Waals surface area (Å²) in [6, 6.07) is 6.96. The molecule has 0 aromatic heterocycles. The van der Waals surface area contributed by atoms with Gasteiger partial charge < -0.3 is 16.4 Å². The van der Waals surface area contributed by atoms with Crippen molar-refractivity contribution in [2.24, 2.45) is 0 Å². The maximum absolute atomic E-state index is 11.3. The Labute approximate surface area is 83.5 Å². The normalized spacial score (nSPS) is 9.93. The van der Waals surface area contributed by atoms with E-state index in [1.807, 2.05) is 13.8 Å². The topological polar surface area (TPSA) is 67.2 Å². The van der Waals surface area contributed by atoms with Crippen molar-refractivity contribution in [3.63, 3.8) is 0 Å². The van der Waals surface area contributed by atoms with Crippen LogP contribution in [0.5, 0.6) is 0 Å². The molecule has 1 aromatic carbocycles. The Morgan fingerprint density at radius 2 is 2.14 bits per heavy atom. The van der Waals surface area contributed by atoms with Crippen molar-refractivity contribution < 1.29 is 4.79 Å². The summed E-state index contributed by atoms with van der Waals surface area (Å²) >= 11 is 0. The lowest BCUT2D eigenvalue weighted by molar-refractivity contribution is 0.250. The van der Waals surface area contributed by atoms with Crippen LogP contribution in [0.4, 0.5) is 16.2 Å². The highest BCUT2D eigenvalue weighted by atomic mass is 16.2. The second-order valence-electron chi connectivity index (χ2n) is 3.38. The highest BCUT2D eigenvalue weighted by Crippen LogP contribution is 2.11. The summed E-state index contributed by atoms with van der Waals surface area (Å²) in [5.74, 6) is 0. The minimum Gasteiger partial charge on any atom is -0.399 e. The number of hydrogen-bond donors (Lipinski definition) is 3. The van der Waals surface area contributed by atoms with Crippen LogP contribution in [0.25, 0.3) is 0 Å². The van der Waals surface area contributed by atoms with Gasteiger partial charge in [-0.1, -0.05) is 6.07 Å². The maximum Gasteiger partial charge on any atom is 0.319 e. The van der Waals surface area contributed by atoms with Gasteiger partial charge in [-0.05, 0) is 32.0 Å². The molecule has 4 heteroatoms. The molecule has 0 radical (unpaired) electrons. The zero-order chi connectivity index (χ0) is 10.6. The van der Waals surface area contributed by atoms with Gasteiger partial charge >= 0.3 is 6.03 Å². The lowest BCUT2D eigenvalue weighted by Crippen LogP contribution is -2.34. The molecule has 4 nitrogen and oxygen atoms in total. The standard InChI is InChI=1S/C10H15N3O/c1-7(2)12-10(14)13-9-5-3-4-8(11)6-9/h3-7H,11H2,1-2H3,(H2,12,13,14). The molecule has 76 valence electrons. The van der Waals surface area contributed by atoms with Crippen LogP contribution in [-0.2, 0) is 0 Å². The number of nitrogen functional groups attached to an aromatic ring is 1. The number of rotatable bonds is 2. The van der Waals surface area contributed by atoms with E-state index in [9.17, 15) is 4.79 Å². The fourth-order valence-electron chi connectivity index (χ4n) is 1.05. The molecule has 2 amide bonds. The van der Waals surface area contributed by atoms with Gasteiger partial charge in [-0.25, -0.2) is 4.79 Å². The molecule has 14 heavy (non-hydrogen) atoms. The van der Waals surface area contributed by atoms with Crippen molar-refractivity contribution in [2.75, 3.05) is 11.1 Å². The minimum atomic E-state index is -0.217. The van der Waals surface area contributed by atoms with Crippen LogP contribution in [0.1, 0.15) is 13.8 Å². The molecule has 1 rings (SSSR count). The Balaban J connectivity index is 2.56. The number of urea groups is 1. The molecule has 0 aliphatic heterocycles. The molecule has 0 heterocycles. The monoisotopic (exact) mass is 193 g/mol. The smallest absolute Gasteiger partial charge is 0.319 e. The second kappa shape index (κ2) is 4.50. The Morgan fingerprint density at radius 1 is 1.43 bits per heavy atom. The molecule has 0 saturated carbocycles. The summed E-state index contributed by atoms with van der Waals surface area (Å²) in [5, 5.41) is 5.40. The molecule has 1 aromatic rings. The lowest BCUT2D eigenvalue weighted by atomic mass is 10.3. The molecule has 0 aliphatic carbocycles. The first-order valence-corrected chi connectivity index (χ1v) is 4.51. The third kappa shape index (κ3) is 3.35. The molecule has 0 unspecified atom stereocenters. The van der Waals surface area contributed by atoms with Crippen molar-refractivity contribution in [2.45, 2.75) is 19.9 Å². The summed E-state index contributed by atoms with van der Waals surface area (Å²) in [4.78, 5) is 11.3. The van der Waals surface area contributed by atoms with Crippen molar-refractivity contribution in [3.8, 4) is 0 Å². The predicted molar refractivity (Wildman–Crippen MR) is 58.1 cm³/mol. The van der Waals surface area contributed by atoms with E-state index in [2.05, 4.69) is 10.6 Å². The zero-order valence-corrected chi connectivity index (χ0v) is 8.37. The molecule has 0 aliphatic rings. The van der Waals surface area contributed by atoms with Crippen LogP contribution in [0.15, 0.2) is 24.3 Å². The first-order chi connectivity index (χ1) is 6.58. The fourth-order valence-corrected chi connectivity index (χ4v) is 1.05. The van der Waals surface area contributed by atoms with E-state index in [4.69, 9.17) is 5.73 Å². The third-order valence-corrected chi connectivity index (χ3v) is 1.56. The molecule has 0 saturated heterocycles. The average Bonchev–Trinajstić information content (AvgIpc) is 2.01. The van der Waals surface area contributed by atoms with Gasteiger partial charge in [0.05, 0.1) is 0 Å². The highest BCUT2D eigenvalue weighted by Gasteiger charge is 2.02. The highest BCUT2D eigenvalue weighted by molar-refractivity contribution is 5.89. The largest absolute Gasteiger partial charge is 0.399 e. The summed E-state index contributed by atoms with van der Waals surface area (Å²) in [6.07, 6.45) is 0. The molecule has 0 bridgehead atoms. The Kier molecular flexibility index (Phi) is 3.34. The van der Waals surface area contributed by atoms with Gasteiger partial charge in [0, 0.05) is 17.4 Å². The van der Waals surface area contributed by atoms with E-state index in [1.54, 1.807) is 24.3 Å². The molecule has 0 spiro atoms. The van der Waals surface area contributed by atoms with E-state index in [0.717, 1.165) is 0 Å². The number of benzene rings is 1. The quantitative estimate of drug-likeness (QED) is 0.627. The molecule has 0 atom stereocenters. The molecule has 0 fully saturated rings. The third-order valence-electron chi connectivity index (χ3n) is 1.56. The van der Waals surface area contributed by atoms with Crippen molar-refractivity contribution in [1.82, 2.24) is 5.32 Å². The molecular weight excluding hydrogens is 178 g/mol. The Hall–Kier alpha value is -1.71. The number of carbonyl (C=O) groups excluding carboxylic acids is 1. The van der Waals surface area contributed by atoms with Gasteiger partial charge in [-0.3, -0.25) is 0 Å². The summed E-state index contributed by atoms with van der Waals surface area (Å²) < 4.78 is 0. The van der Waals surface area contributed by atoms with Crippen LogP contribution in [0.2, 0.25) is 0 Å². The van der Waals surface area contributed by atoms with Gasteiger partial charge in [-0.15, -0.1) is 0 Å². The van der Waals surface area contributed by atoms with Crippen LogP contribution in [0.3, 0.4) is 0 Å². The van der Waals surface area contributed by atoms with Crippen molar-refractivity contribution >= 4 is 17.4 Å². The van der Waals surface area contributed by atoms with Crippen LogP contribution in [0, 0.1) is 0 Å². The second-order valence-corrected chi connectivity index (χ2v) is 3.38. The summed E-state index contributed by atoms with van der Waals surface area (Å²) in [7, 11) is 0. The van der Waals surface area contributed by atoms with E-state index in [-0.39, 0.29) is 12.1 Å². The van der Waals surface area contributed by atoms with Crippen LogP contribution in [-0.4, -0.2) is 12.1 Å². The number of anilines is 2. The van der Waals surface area contributed by atoms with Gasteiger partial charge in [0.25, 0.3) is 0 Å². The minimum absolute atomic E-state index is 0.121. The van der Waals surface area contributed by atoms with E-state index >= 15 is 0 Å². The maximum atomic E-state index is 11.3. The summed E-state index contributed by atoms with van der Waals surface area (Å²) in [5.41, 5.74) is 6.89. The lowest BCUT2D eigenvalue weighted by Gasteiger charge is -2.10. The summed E-state index contributed by atoms with van der Waals surface area (Å²) in [6.45, 7) is 3.80. The van der Waals surface area contributed by atoms with Gasteiger partial charge in [0.2, 0.25) is 0 Å². The van der Waals surface area contributed by atoms with E-state index in [1.165, 1.54) is 0 Å². The van der Waals surface area contributed by atoms with E-state index < -0.39 is 0 Å². The van der Waals surface area contributed by atoms with Gasteiger partial charge in [0.1, 0.15) is 0 Å². The molecule has 4 N–H and O–H groups in total. The van der Waals surface area contributed by atoms with Crippen LogP contribution < -0.4 is 16.4 Å². The predicted octanol–water partition coefficient (Wildman–Crippen LogP) is 1.80. The number of hydrogen-bond acceptors (Lipinski definition) is 2. The van der Waals surface area contributed by atoms with Crippen molar-refractivity contribution in [3.05, 3.63) is 24.3 Å². The average molecular weight is 193 g/mol. The van der Waals surface area contributed by atoms with Crippen LogP contribution >= 0.6 is 0 Å². The number of amides is 2. The number of nitrogens with one attached hydrogen (secondary N) is 2. The first-order valence-electron chi connectivity index (χ1n) is 4.51.